The molecule has 0 radical (unpaired) electrons. The number of halogens is 1. The van der Waals surface area contributed by atoms with Gasteiger partial charge in [0.25, 0.3) is 5.69 Å². The first-order chi connectivity index (χ1) is 11.8. The molecule has 2 aromatic rings. The van der Waals surface area contributed by atoms with Crippen molar-refractivity contribution in [3.8, 4) is 11.5 Å². The molecule has 0 aliphatic rings. The van der Waals surface area contributed by atoms with Gasteiger partial charge in [0.1, 0.15) is 29.7 Å². The zero-order chi connectivity index (χ0) is 18.4. The van der Waals surface area contributed by atoms with Crippen LogP contribution in [0.25, 0.3) is 0 Å². The van der Waals surface area contributed by atoms with E-state index in [2.05, 4.69) is 4.72 Å². The number of non-ortho nitro benzene ring substituents is 1. The van der Waals surface area contributed by atoms with Crippen LogP contribution in [-0.2, 0) is 10.0 Å². The van der Waals surface area contributed by atoms with Gasteiger partial charge in [0.15, 0.2) is 0 Å². The highest BCUT2D eigenvalue weighted by Crippen LogP contribution is 2.29. The van der Waals surface area contributed by atoms with Gasteiger partial charge in [-0.1, -0.05) is 0 Å². The third-order valence-corrected chi connectivity index (χ3v) is 4.33. The third kappa shape index (κ3) is 5.31. The zero-order valence-electron chi connectivity index (χ0n) is 13.1. The van der Waals surface area contributed by atoms with E-state index in [9.17, 15) is 22.9 Å². The Hall–Kier alpha value is -2.88. The number of nitro groups is 1. The fourth-order valence-electron chi connectivity index (χ4n) is 1.91. The Kier molecular flexibility index (Phi) is 5.75. The summed E-state index contributed by atoms with van der Waals surface area (Å²) in [6.45, 7) is -0.182. The summed E-state index contributed by atoms with van der Waals surface area (Å²) in [7, 11) is -2.52. The van der Waals surface area contributed by atoms with Crippen LogP contribution < -0.4 is 14.2 Å². The summed E-state index contributed by atoms with van der Waals surface area (Å²) >= 11 is 0. The number of nitrogens with zero attached hydrogens (tertiary/aromatic N) is 1. The monoisotopic (exact) mass is 370 g/mol. The van der Waals surface area contributed by atoms with Gasteiger partial charge in [-0.15, -0.1) is 0 Å². The van der Waals surface area contributed by atoms with Gasteiger partial charge in [0.2, 0.25) is 10.0 Å². The Labute approximate surface area is 143 Å². The Bertz CT molecular complexity index is 855. The molecule has 8 nitrogen and oxygen atoms in total. The molecule has 0 aliphatic heterocycles. The lowest BCUT2D eigenvalue weighted by Crippen LogP contribution is -2.21. The van der Waals surface area contributed by atoms with E-state index in [4.69, 9.17) is 9.47 Å². The van der Waals surface area contributed by atoms with Gasteiger partial charge in [-0.2, -0.15) is 0 Å². The fourth-order valence-corrected chi connectivity index (χ4v) is 2.81. The second kappa shape index (κ2) is 7.79. The normalized spacial score (nSPS) is 11.0. The van der Waals surface area contributed by atoms with E-state index in [0.717, 1.165) is 6.07 Å². The maximum atomic E-state index is 12.8. The molecular formula is C15H15FN2O6S. The van der Waals surface area contributed by atoms with Crippen LogP contribution in [0.5, 0.6) is 11.5 Å². The number of hydrogen-bond donors (Lipinski definition) is 1. The van der Waals surface area contributed by atoms with Gasteiger partial charge in [-0.25, -0.2) is 12.8 Å². The Balaban J connectivity index is 2.03. The fraction of sp³-hybridized carbons (Fsp3) is 0.200. The summed E-state index contributed by atoms with van der Waals surface area (Å²) in [6, 6.07) is 8.69. The molecule has 0 amide bonds. The van der Waals surface area contributed by atoms with Gasteiger partial charge in [0.05, 0.1) is 17.7 Å². The van der Waals surface area contributed by atoms with Gasteiger partial charge in [0, 0.05) is 12.1 Å². The first kappa shape index (κ1) is 18.5. The van der Waals surface area contributed by atoms with Crippen molar-refractivity contribution >= 4 is 21.4 Å². The summed E-state index contributed by atoms with van der Waals surface area (Å²) in [5.41, 5.74) is -0.320. The summed E-state index contributed by atoms with van der Waals surface area (Å²) in [4.78, 5) is 10.2. The van der Waals surface area contributed by atoms with Gasteiger partial charge in [-0.3, -0.25) is 14.8 Å². The van der Waals surface area contributed by atoms with Gasteiger partial charge < -0.3 is 9.47 Å². The van der Waals surface area contributed by atoms with Crippen LogP contribution in [0.15, 0.2) is 42.5 Å². The van der Waals surface area contributed by atoms with Crippen LogP contribution in [0.2, 0.25) is 0 Å². The number of ether oxygens (including phenoxy) is 2. The minimum absolute atomic E-state index is 0.0431. The van der Waals surface area contributed by atoms with Crippen molar-refractivity contribution in [3.63, 3.8) is 0 Å². The molecule has 10 heteroatoms. The van der Waals surface area contributed by atoms with Crippen molar-refractivity contribution < 1.29 is 27.2 Å². The third-order valence-electron chi connectivity index (χ3n) is 3.09. The van der Waals surface area contributed by atoms with Crippen LogP contribution in [-0.4, -0.2) is 32.8 Å². The Morgan fingerprint density at radius 1 is 1.20 bits per heavy atom. The SMILES string of the molecule is COc1ccc([N+](=O)[O-])cc1NS(=O)(=O)CCOc1ccc(F)cc1. The highest BCUT2D eigenvalue weighted by Gasteiger charge is 2.17. The maximum absolute atomic E-state index is 12.8. The van der Waals surface area contributed by atoms with Crippen molar-refractivity contribution in [2.24, 2.45) is 0 Å². The summed E-state index contributed by atoms with van der Waals surface area (Å²) in [6.07, 6.45) is 0. The van der Waals surface area contributed by atoms with E-state index < -0.39 is 26.5 Å². The topological polar surface area (TPSA) is 108 Å². The molecule has 0 unspecified atom stereocenters. The lowest BCUT2D eigenvalue weighted by molar-refractivity contribution is -0.384. The van der Waals surface area contributed by atoms with Crippen molar-refractivity contribution in [1.82, 2.24) is 0 Å². The average molecular weight is 370 g/mol. The van der Waals surface area contributed by atoms with Crippen molar-refractivity contribution in [3.05, 3.63) is 58.4 Å². The van der Waals surface area contributed by atoms with Crippen molar-refractivity contribution in [2.45, 2.75) is 0 Å². The minimum Gasteiger partial charge on any atom is -0.495 e. The first-order valence-electron chi connectivity index (χ1n) is 7.02. The number of nitro benzene ring substituents is 1. The average Bonchev–Trinajstić information content (AvgIpc) is 2.56. The second-order valence-electron chi connectivity index (χ2n) is 4.87. The molecule has 25 heavy (non-hydrogen) atoms. The molecule has 0 fully saturated rings. The predicted molar refractivity (Wildman–Crippen MR) is 89.0 cm³/mol. The smallest absolute Gasteiger partial charge is 0.271 e. The van der Waals surface area contributed by atoms with E-state index >= 15 is 0 Å². The van der Waals surface area contributed by atoms with Crippen LogP contribution in [0.1, 0.15) is 0 Å². The zero-order valence-corrected chi connectivity index (χ0v) is 14.0. The molecule has 0 aliphatic carbocycles. The molecule has 1 N–H and O–H groups in total. The lowest BCUT2D eigenvalue weighted by Gasteiger charge is -2.12. The largest absolute Gasteiger partial charge is 0.495 e. The van der Waals surface area contributed by atoms with Gasteiger partial charge in [-0.05, 0) is 30.3 Å². The molecule has 2 aromatic carbocycles. The molecule has 134 valence electrons. The lowest BCUT2D eigenvalue weighted by atomic mass is 10.2. The number of benzene rings is 2. The quantitative estimate of drug-likeness (QED) is 0.565. The standard InChI is InChI=1S/C15H15FN2O6S/c1-23-15-7-4-12(18(19)20)10-14(15)17-25(21,22)9-8-24-13-5-2-11(16)3-6-13/h2-7,10,17H,8-9H2,1H3. The highest BCUT2D eigenvalue weighted by atomic mass is 32.2. The van der Waals surface area contributed by atoms with Crippen LogP contribution in [0, 0.1) is 15.9 Å². The number of anilines is 1. The van der Waals surface area contributed by atoms with E-state index in [1.807, 2.05) is 0 Å². The molecule has 0 atom stereocenters. The van der Waals surface area contributed by atoms with E-state index in [0.29, 0.717) is 5.75 Å². The van der Waals surface area contributed by atoms with Crippen molar-refractivity contribution in [1.29, 1.82) is 0 Å². The molecule has 0 spiro atoms. The highest BCUT2D eigenvalue weighted by molar-refractivity contribution is 7.92. The van der Waals surface area contributed by atoms with E-state index in [-0.39, 0.29) is 23.7 Å². The Morgan fingerprint density at radius 3 is 2.48 bits per heavy atom. The van der Waals surface area contributed by atoms with Crippen LogP contribution >= 0.6 is 0 Å². The maximum Gasteiger partial charge on any atom is 0.271 e. The number of nitrogens with one attached hydrogen (secondary N) is 1. The molecule has 0 saturated heterocycles. The Morgan fingerprint density at radius 2 is 1.88 bits per heavy atom. The van der Waals surface area contributed by atoms with E-state index in [1.54, 1.807) is 0 Å². The summed E-state index contributed by atoms with van der Waals surface area (Å²) in [5, 5.41) is 10.8. The van der Waals surface area contributed by atoms with Crippen molar-refractivity contribution in [2.75, 3.05) is 24.2 Å². The molecule has 2 rings (SSSR count). The van der Waals surface area contributed by atoms with Crippen LogP contribution in [0.3, 0.4) is 0 Å². The summed E-state index contributed by atoms with van der Waals surface area (Å²) in [5.74, 6) is -0.367. The molecule has 0 heterocycles. The number of rotatable bonds is 8. The van der Waals surface area contributed by atoms with Gasteiger partial charge >= 0.3 is 0 Å². The molecule has 0 aromatic heterocycles. The molecular weight excluding hydrogens is 355 g/mol. The predicted octanol–water partition coefficient (Wildman–Crippen LogP) is 2.56. The number of sulfonamides is 1. The summed E-state index contributed by atoms with van der Waals surface area (Å²) < 4.78 is 49.5. The van der Waals surface area contributed by atoms with Crippen LogP contribution in [0.4, 0.5) is 15.8 Å². The number of methoxy groups -OCH3 is 1. The van der Waals surface area contributed by atoms with E-state index in [1.165, 1.54) is 43.5 Å². The molecule has 0 bridgehead atoms. The second-order valence-corrected chi connectivity index (χ2v) is 6.71. The first-order valence-corrected chi connectivity index (χ1v) is 8.67. The number of hydrogen-bond acceptors (Lipinski definition) is 6. The molecule has 0 saturated carbocycles. The minimum atomic E-state index is -3.84.